The molecule has 5 heteroatoms. The van der Waals surface area contributed by atoms with Gasteiger partial charge in [0.05, 0.1) is 0 Å². The lowest BCUT2D eigenvalue weighted by atomic mass is 10.2. The van der Waals surface area contributed by atoms with Crippen molar-refractivity contribution in [2.75, 3.05) is 0 Å². The van der Waals surface area contributed by atoms with Gasteiger partial charge in [-0.1, -0.05) is 17.4 Å². The van der Waals surface area contributed by atoms with E-state index >= 15 is 0 Å². The van der Waals surface area contributed by atoms with Crippen molar-refractivity contribution >= 4 is 17.3 Å². The topological polar surface area (TPSA) is 46.5 Å². The molecule has 0 fully saturated rings. The zero-order valence-corrected chi connectivity index (χ0v) is 9.75. The standard InChI is InChI=1S/C12H9FO3S/c1-7-2-3-8(6-9(7)13)16-11-5-4-10(17-11)12(14)15/h2-6H,1H3,(H,14,15). The molecule has 0 amide bonds. The van der Waals surface area contributed by atoms with E-state index in [4.69, 9.17) is 9.84 Å². The van der Waals surface area contributed by atoms with Crippen molar-refractivity contribution in [3.05, 3.63) is 46.6 Å². The molecule has 88 valence electrons. The molecule has 0 aliphatic heterocycles. The second kappa shape index (κ2) is 4.55. The molecule has 0 spiro atoms. The van der Waals surface area contributed by atoms with Crippen LogP contribution in [0, 0.1) is 12.7 Å². The van der Waals surface area contributed by atoms with Crippen molar-refractivity contribution < 1.29 is 19.0 Å². The third-order valence-corrected chi connectivity index (χ3v) is 3.11. The Morgan fingerprint density at radius 3 is 2.71 bits per heavy atom. The first-order valence-electron chi connectivity index (χ1n) is 4.83. The highest BCUT2D eigenvalue weighted by molar-refractivity contribution is 7.15. The van der Waals surface area contributed by atoms with Crippen LogP contribution in [0.5, 0.6) is 10.8 Å². The molecule has 1 aromatic carbocycles. The maximum atomic E-state index is 13.2. The molecule has 0 saturated carbocycles. The SMILES string of the molecule is Cc1ccc(Oc2ccc(C(=O)O)s2)cc1F. The zero-order valence-electron chi connectivity index (χ0n) is 8.94. The first-order valence-corrected chi connectivity index (χ1v) is 5.65. The van der Waals surface area contributed by atoms with Crippen molar-refractivity contribution in [3.63, 3.8) is 0 Å². The van der Waals surface area contributed by atoms with Gasteiger partial charge in [0.1, 0.15) is 16.4 Å². The van der Waals surface area contributed by atoms with E-state index in [9.17, 15) is 9.18 Å². The van der Waals surface area contributed by atoms with Gasteiger partial charge in [-0.3, -0.25) is 0 Å². The van der Waals surface area contributed by atoms with Crippen LogP contribution in [0.15, 0.2) is 30.3 Å². The molecular weight excluding hydrogens is 243 g/mol. The predicted octanol–water partition coefficient (Wildman–Crippen LogP) is 3.69. The first kappa shape index (κ1) is 11.6. The summed E-state index contributed by atoms with van der Waals surface area (Å²) in [4.78, 5) is 10.8. The van der Waals surface area contributed by atoms with E-state index in [2.05, 4.69) is 0 Å². The third kappa shape index (κ3) is 2.62. The number of hydrogen-bond donors (Lipinski definition) is 1. The van der Waals surface area contributed by atoms with Crippen LogP contribution < -0.4 is 4.74 Å². The van der Waals surface area contributed by atoms with Crippen molar-refractivity contribution in [3.8, 4) is 10.8 Å². The molecule has 0 aliphatic rings. The molecule has 2 rings (SSSR count). The van der Waals surface area contributed by atoms with E-state index in [0.29, 0.717) is 16.4 Å². The van der Waals surface area contributed by atoms with Crippen LogP contribution in [-0.4, -0.2) is 11.1 Å². The van der Waals surface area contributed by atoms with Gasteiger partial charge in [0.15, 0.2) is 5.06 Å². The van der Waals surface area contributed by atoms with E-state index in [1.54, 1.807) is 25.1 Å². The van der Waals surface area contributed by atoms with E-state index in [0.717, 1.165) is 11.3 Å². The van der Waals surface area contributed by atoms with Gasteiger partial charge in [0, 0.05) is 6.07 Å². The summed E-state index contributed by atoms with van der Waals surface area (Å²) in [6, 6.07) is 7.52. The second-order valence-corrected chi connectivity index (χ2v) is 4.48. The summed E-state index contributed by atoms with van der Waals surface area (Å²) >= 11 is 1.00. The zero-order chi connectivity index (χ0) is 12.4. The highest BCUT2D eigenvalue weighted by Gasteiger charge is 2.09. The van der Waals surface area contributed by atoms with Gasteiger partial charge in [-0.15, -0.1) is 0 Å². The van der Waals surface area contributed by atoms with Gasteiger partial charge in [-0.2, -0.15) is 0 Å². The fourth-order valence-corrected chi connectivity index (χ4v) is 1.96. The van der Waals surface area contributed by atoms with Gasteiger partial charge < -0.3 is 9.84 Å². The molecular formula is C12H9FO3S. The van der Waals surface area contributed by atoms with Crippen LogP contribution in [0.4, 0.5) is 4.39 Å². The first-order chi connectivity index (χ1) is 8.06. The predicted molar refractivity (Wildman–Crippen MR) is 62.5 cm³/mol. The monoisotopic (exact) mass is 252 g/mol. The molecule has 0 unspecified atom stereocenters. The molecule has 3 nitrogen and oxygen atoms in total. The maximum Gasteiger partial charge on any atom is 0.345 e. The Morgan fingerprint density at radius 1 is 1.35 bits per heavy atom. The number of rotatable bonds is 3. The second-order valence-electron chi connectivity index (χ2n) is 3.44. The number of halogens is 1. The van der Waals surface area contributed by atoms with E-state index in [1.165, 1.54) is 12.1 Å². The lowest BCUT2D eigenvalue weighted by Gasteiger charge is -2.03. The van der Waals surface area contributed by atoms with Crippen molar-refractivity contribution in [2.24, 2.45) is 0 Å². The number of aromatic carboxylic acids is 1. The molecule has 0 radical (unpaired) electrons. The third-order valence-electron chi connectivity index (χ3n) is 2.15. The molecule has 0 aliphatic carbocycles. The minimum atomic E-state index is -1.00. The molecule has 1 aromatic heterocycles. The highest BCUT2D eigenvalue weighted by atomic mass is 32.1. The number of carbonyl (C=O) groups is 1. The molecule has 0 bridgehead atoms. The highest BCUT2D eigenvalue weighted by Crippen LogP contribution is 2.30. The van der Waals surface area contributed by atoms with E-state index in [1.807, 2.05) is 0 Å². The fraction of sp³-hybridized carbons (Fsp3) is 0.0833. The minimum Gasteiger partial charge on any atom is -0.477 e. The van der Waals surface area contributed by atoms with E-state index in [-0.39, 0.29) is 10.7 Å². The Morgan fingerprint density at radius 2 is 2.12 bits per heavy atom. The van der Waals surface area contributed by atoms with Crippen LogP contribution in [0.1, 0.15) is 15.2 Å². The van der Waals surface area contributed by atoms with Crippen LogP contribution in [0.3, 0.4) is 0 Å². The Bertz CT molecular complexity index is 563. The van der Waals surface area contributed by atoms with Crippen molar-refractivity contribution in [2.45, 2.75) is 6.92 Å². The molecule has 2 aromatic rings. The molecule has 1 heterocycles. The fourth-order valence-electron chi connectivity index (χ4n) is 1.24. The Kier molecular flexibility index (Phi) is 3.10. The lowest BCUT2D eigenvalue weighted by Crippen LogP contribution is -1.89. The molecule has 17 heavy (non-hydrogen) atoms. The summed E-state index contributed by atoms with van der Waals surface area (Å²) in [5.41, 5.74) is 0.537. The number of carboxylic acid groups (broad SMARTS) is 1. The van der Waals surface area contributed by atoms with Gasteiger partial charge in [-0.25, -0.2) is 9.18 Å². The van der Waals surface area contributed by atoms with Crippen molar-refractivity contribution in [1.29, 1.82) is 0 Å². The normalized spacial score (nSPS) is 10.2. The van der Waals surface area contributed by atoms with Gasteiger partial charge >= 0.3 is 5.97 Å². The Balaban J connectivity index is 2.19. The average molecular weight is 252 g/mol. The lowest BCUT2D eigenvalue weighted by molar-refractivity contribution is 0.0702. The average Bonchev–Trinajstić information content (AvgIpc) is 2.72. The summed E-state index contributed by atoms with van der Waals surface area (Å²) in [7, 11) is 0. The largest absolute Gasteiger partial charge is 0.477 e. The molecule has 0 atom stereocenters. The Hall–Kier alpha value is -1.88. The van der Waals surface area contributed by atoms with Gasteiger partial charge in [0.25, 0.3) is 0 Å². The molecule has 0 saturated heterocycles. The molecule has 1 N–H and O–H groups in total. The summed E-state index contributed by atoms with van der Waals surface area (Å²) in [5, 5.41) is 9.16. The van der Waals surface area contributed by atoms with Gasteiger partial charge in [-0.05, 0) is 30.7 Å². The van der Waals surface area contributed by atoms with Crippen LogP contribution in [0.25, 0.3) is 0 Å². The number of ether oxygens (including phenoxy) is 1. The quantitative estimate of drug-likeness (QED) is 0.906. The van der Waals surface area contributed by atoms with E-state index < -0.39 is 5.97 Å². The summed E-state index contributed by atoms with van der Waals surface area (Å²) in [6.07, 6.45) is 0. The number of thiophene rings is 1. The van der Waals surface area contributed by atoms with Crippen LogP contribution >= 0.6 is 11.3 Å². The van der Waals surface area contributed by atoms with Gasteiger partial charge in [0.2, 0.25) is 0 Å². The van der Waals surface area contributed by atoms with Crippen LogP contribution in [-0.2, 0) is 0 Å². The van der Waals surface area contributed by atoms with Crippen LogP contribution in [0.2, 0.25) is 0 Å². The number of benzene rings is 1. The smallest absolute Gasteiger partial charge is 0.345 e. The summed E-state index contributed by atoms with van der Waals surface area (Å²) < 4.78 is 18.6. The minimum absolute atomic E-state index is 0.188. The Labute approximate surface area is 101 Å². The summed E-state index contributed by atoms with van der Waals surface area (Å²) in [6.45, 7) is 1.66. The maximum absolute atomic E-state index is 13.2. The number of aryl methyl sites for hydroxylation is 1. The summed E-state index contributed by atoms with van der Waals surface area (Å²) in [5.74, 6) is -0.996. The van der Waals surface area contributed by atoms with Crippen molar-refractivity contribution in [1.82, 2.24) is 0 Å². The number of hydrogen-bond acceptors (Lipinski definition) is 3. The number of carboxylic acids is 1.